The molecule has 0 saturated carbocycles. The smallest absolute Gasteiger partial charge is 0.225 e. The van der Waals surface area contributed by atoms with Crippen molar-refractivity contribution >= 4 is 34.2 Å². The number of aryl methyl sites for hydroxylation is 1. The van der Waals surface area contributed by atoms with Gasteiger partial charge in [0.05, 0.1) is 0 Å². The van der Waals surface area contributed by atoms with Gasteiger partial charge in [0, 0.05) is 21.7 Å². The Kier molecular flexibility index (Phi) is 5.39. The summed E-state index contributed by atoms with van der Waals surface area (Å²) in [6.07, 6.45) is 0.364. The summed E-state index contributed by atoms with van der Waals surface area (Å²) < 4.78 is 1.16. The summed E-state index contributed by atoms with van der Waals surface area (Å²) in [6, 6.07) is 5.86. The molecule has 0 aliphatic carbocycles. The van der Waals surface area contributed by atoms with Crippen molar-refractivity contribution in [2.75, 3.05) is 5.32 Å². The predicted molar refractivity (Wildman–Crippen MR) is 80.0 cm³/mol. The molecule has 0 aromatic heterocycles. The lowest BCUT2D eigenvalue weighted by molar-refractivity contribution is -0.116. The first-order chi connectivity index (χ1) is 7.90. The zero-order chi connectivity index (χ0) is 13.0. The van der Waals surface area contributed by atoms with Gasteiger partial charge in [0.2, 0.25) is 5.91 Å². The van der Waals surface area contributed by atoms with Crippen LogP contribution < -0.4 is 11.1 Å². The fraction of sp³-hybridized carbons (Fsp3) is 0.462. The molecule has 1 amide bonds. The minimum absolute atomic E-state index is 0.0180. The molecule has 1 rings (SSSR count). The molecule has 3 N–H and O–H groups in total. The van der Waals surface area contributed by atoms with Crippen LogP contribution >= 0.6 is 22.6 Å². The molecule has 1 aromatic rings. The number of rotatable bonds is 4. The highest BCUT2D eigenvalue weighted by Crippen LogP contribution is 2.18. The molecular formula is C13H19IN2O. The minimum Gasteiger partial charge on any atom is -0.327 e. The monoisotopic (exact) mass is 346 g/mol. The van der Waals surface area contributed by atoms with Gasteiger partial charge in [-0.05, 0) is 59.2 Å². The van der Waals surface area contributed by atoms with Crippen LogP contribution in [0, 0.1) is 16.4 Å². The Bertz CT molecular complexity index is 404. The van der Waals surface area contributed by atoms with Gasteiger partial charge in [-0.2, -0.15) is 0 Å². The average molecular weight is 346 g/mol. The number of nitrogens with two attached hydrogens (primary N) is 1. The number of benzene rings is 1. The Morgan fingerprint density at radius 1 is 1.47 bits per heavy atom. The van der Waals surface area contributed by atoms with Crippen LogP contribution in [0.25, 0.3) is 0 Å². The van der Waals surface area contributed by atoms with Crippen LogP contribution in [0.5, 0.6) is 0 Å². The zero-order valence-corrected chi connectivity index (χ0v) is 12.6. The quantitative estimate of drug-likeness (QED) is 0.824. The van der Waals surface area contributed by atoms with Crippen LogP contribution in [0.3, 0.4) is 0 Å². The van der Waals surface area contributed by atoms with E-state index in [1.807, 2.05) is 39.0 Å². The van der Waals surface area contributed by atoms with E-state index in [1.54, 1.807) is 0 Å². The third kappa shape index (κ3) is 4.63. The van der Waals surface area contributed by atoms with E-state index >= 15 is 0 Å². The standard InChI is InChI=1S/C13H19IN2O/c1-8(2)11(15)7-13(17)16-12-5-4-10(14)6-9(12)3/h4-6,8,11H,7,15H2,1-3H3,(H,16,17). The largest absolute Gasteiger partial charge is 0.327 e. The third-order valence-electron chi connectivity index (χ3n) is 2.74. The highest BCUT2D eigenvalue weighted by Gasteiger charge is 2.13. The van der Waals surface area contributed by atoms with Gasteiger partial charge in [0.1, 0.15) is 0 Å². The maximum absolute atomic E-state index is 11.8. The second-order valence-electron chi connectivity index (χ2n) is 4.62. The molecule has 0 spiro atoms. The maximum Gasteiger partial charge on any atom is 0.225 e. The van der Waals surface area contributed by atoms with Crippen LogP contribution in [0.15, 0.2) is 18.2 Å². The highest BCUT2D eigenvalue weighted by molar-refractivity contribution is 14.1. The van der Waals surface area contributed by atoms with Gasteiger partial charge in [-0.25, -0.2) is 0 Å². The molecule has 4 heteroatoms. The summed E-state index contributed by atoms with van der Waals surface area (Å²) in [4.78, 5) is 11.8. The molecule has 0 bridgehead atoms. The summed E-state index contributed by atoms with van der Waals surface area (Å²) in [5.74, 6) is 0.300. The summed E-state index contributed by atoms with van der Waals surface area (Å²) >= 11 is 2.25. The third-order valence-corrected chi connectivity index (χ3v) is 3.41. The van der Waals surface area contributed by atoms with Gasteiger partial charge < -0.3 is 11.1 Å². The number of halogens is 1. The first-order valence-electron chi connectivity index (χ1n) is 5.71. The molecule has 94 valence electrons. The van der Waals surface area contributed by atoms with Crippen molar-refractivity contribution in [3.05, 3.63) is 27.3 Å². The number of nitrogens with one attached hydrogen (secondary N) is 1. The van der Waals surface area contributed by atoms with E-state index in [4.69, 9.17) is 5.73 Å². The van der Waals surface area contributed by atoms with E-state index in [-0.39, 0.29) is 11.9 Å². The first-order valence-corrected chi connectivity index (χ1v) is 6.79. The fourth-order valence-corrected chi connectivity index (χ4v) is 2.07. The average Bonchev–Trinajstić information content (AvgIpc) is 2.22. The Labute approximate surface area is 116 Å². The van der Waals surface area contributed by atoms with Crippen molar-refractivity contribution in [2.45, 2.75) is 33.2 Å². The minimum atomic E-state index is -0.0841. The lowest BCUT2D eigenvalue weighted by atomic mass is 10.0. The number of carbonyl (C=O) groups is 1. The van der Waals surface area contributed by atoms with Gasteiger partial charge in [-0.1, -0.05) is 13.8 Å². The van der Waals surface area contributed by atoms with Crippen molar-refractivity contribution in [2.24, 2.45) is 11.7 Å². The van der Waals surface area contributed by atoms with E-state index < -0.39 is 0 Å². The van der Waals surface area contributed by atoms with Crippen molar-refractivity contribution < 1.29 is 4.79 Å². The molecule has 1 atom stereocenters. The van der Waals surface area contributed by atoms with E-state index in [0.717, 1.165) is 14.8 Å². The van der Waals surface area contributed by atoms with E-state index in [0.29, 0.717) is 12.3 Å². The van der Waals surface area contributed by atoms with Gasteiger partial charge in [-0.3, -0.25) is 4.79 Å². The lowest BCUT2D eigenvalue weighted by Gasteiger charge is -2.15. The number of hydrogen-bond donors (Lipinski definition) is 2. The molecule has 0 radical (unpaired) electrons. The molecule has 0 aliphatic heterocycles. The summed E-state index contributed by atoms with van der Waals surface area (Å²) in [5, 5.41) is 2.90. The highest BCUT2D eigenvalue weighted by atomic mass is 127. The molecule has 17 heavy (non-hydrogen) atoms. The number of hydrogen-bond acceptors (Lipinski definition) is 2. The molecule has 0 saturated heterocycles. The Hall–Kier alpha value is -0.620. The zero-order valence-electron chi connectivity index (χ0n) is 10.5. The fourth-order valence-electron chi connectivity index (χ4n) is 1.42. The Morgan fingerprint density at radius 3 is 2.65 bits per heavy atom. The van der Waals surface area contributed by atoms with Crippen molar-refractivity contribution in [1.29, 1.82) is 0 Å². The lowest BCUT2D eigenvalue weighted by Crippen LogP contribution is -2.31. The second kappa shape index (κ2) is 6.35. The Balaban J connectivity index is 2.62. The van der Waals surface area contributed by atoms with Gasteiger partial charge >= 0.3 is 0 Å². The summed E-state index contributed by atoms with van der Waals surface area (Å²) in [7, 11) is 0. The summed E-state index contributed by atoms with van der Waals surface area (Å²) in [5.41, 5.74) is 7.81. The molecule has 0 heterocycles. The molecule has 1 unspecified atom stereocenters. The van der Waals surface area contributed by atoms with Crippen LogP contribution in [0.2, 0.25) is 0 Å². The van der Waals surface area contributed by atoms with Gasteiger partial charge in [-0.15, -0.1) is 0 Å². The van der Waals surface area contributed by atoms with Crippen LogP contribution in [-0.2, 0) is 4.79 Å². The van der Waals surface area contributed by atoms with Crippen LogP contribution in [0.4, 0.5) is 5.69 Å². The predicted octanol–water partition coefficient (Wildman–Crippen LogP) is 2.91. The SMILES string of the molecule is Cc1cc(I)ccc1NC(=O)CC(N)C(C)C. The van der Waals surface area contributed by atoms with Crippen molar-refractivity contribution in [3.8, 4) is 0 Å². The molecule has 3 nitrogen and oxygen atoms in total. The maximum atomic E-state index is 11.8. The number of amides is 1. The van der Waals surface area contributed by atoms with E-state index in [1.165, 1.54) is 0 Å². The molecule has 1 aromatic carbocycles. The molecular weight excluding hydrogens is 327 g/mol. The number of anilines is 1. The molecule has 0 fully saturated rings. The van der Waals surface area contributed by atoms with Crippen LogP contribution in [0.1, 0.15) is 25.8 Å². The second-order valence-corrected chi connectivity index (χ2v) is 5.87. The number of carbonyl (C=O) groups excluding carboxylic acids is 1. The van der Waals surface area contributed by atoms with Crippen LogP contribution in [-0.4, -0.2) is 11.9 Å². The Morgan fingerprint density at radius 2 is 2.12 bits per heavy atom. The summed E-state index contributed by atoms with van der Waals surface area (Å²) in [6.45, 7) is 6.03. The first kappa shape index (κ1) is 14.4. The van der Waals surface area contributed by atoms with Crippen molar-refractivity contribution in [1.82, 2.24) is 0 Å². The van der Waals surface area contributed by atoms with Gasteiger partial charge in [0.25, 0.3) is 0 Å². The van der Waals surface area contributed by atoms with E-state index in [9.17, 15) is 4.79 Å². The van der Waals surface area contributed by atoms with E-state index in [2.05, 4.69) is 27.9 Å². The normalized spacial score (nSPS) is 12.6. The topological polar surface area (TPSA) is 55.1 Å². The van der Waals surface area contributed by atoms with Crippen molar-refractivity contribution in [3.63, 3.8) is 0 Å². The van der Waals surface area contributed by atoms with Gasteiger partial charge in [0.15, 0.2) is 0 Å². The molecule has 0 aliphatic rings.